The van der Waals surface area contributed by atoms with Crippen molar-refractivity contribution in [1.29, 1.82) is 0 Å². The van der Waals surface area contributed by atoms with Gasteiger partial charge >= 0.3 is 0 Å². The predicted octanol–water partition coefficient (Wildman–Crippen LogP) is 3.05. The Kier molecular flexibility index (Phi) is 4.88. The number of hydrogen-bond donors (Lipinski definition) is 0. The highest BCUT2D eigenvalue weighted by atomic mass is 19.1. The van der Waals surface area contributed by atoms with Crippen LogP contribution in [0.1, 0.15) is 27.2 Å². The van der Waals surface area contributed by atoms with Crippen LogP contribution in [0, 0.1) is 12.7 Å². The lowest BCUT2D eigenvalue weighted by Crippen LogP contribution is -2.26. The molecule has 6 heteroatoms. The molecule has 3 rings (SSSR count). The first kappa shape index (κ1) is 16.8. The molecule has 128 valence electrons. The summed E-state index contributed by atoms with van der Waals surface area (Å²) in [6.07, 6.45) is 1.54. The summed E-state index contributed by atoms with van der Waals surface area (Å²) in [6.45, 7) is 2.74. The van der Waals surface area contributed by atoms with E-state index in [0.29, 0.717) is 12.1 Å². The van der Waals surface area contributed by atoms with E-state index in [9.17, 15) is 9.18 Å². The molecule has 0 saturated heterocycles. The molecule has 0 N–H and O–H groups in total. The number of amides is 1. The monoisotopic (exact) mass is 338 g/mol. The molecule has 1 amide bonds. The molecular formula is C19H19FN4O. The van der Waals surface area contributed by atoms with Crippen molar-refractivity contribution in [2.45, 2.75) is 20.0 Å². The van der Waals surface area contributed by atoms with Crippen molar-refractivity contribution in [3.05, 3.63) is 82.9 Å². The van der Waals surface area contributed by atoms with E-state index in [4.69, 9.17) is 0 Å². The van der Waals surface area contributed by atoms with Crippen molar-refractivity contribution < 1.29 is 9.18 Å². The van der Waals surface area contributed by atoms with Gasteiger partial charge in [-0.05, 0) is 18.6 Å². The van der Waals surface area contributed by atoms with Gasteiger partial charge < -0.3 is 4.90 Å². The third-order valence-electron chi connectivity index (χ3n) is 3.93. The molecule has 0 fully saturated rings. The van der Waals surface area contributed by atoms with Crippen molar-refractivity contribution in [2.75, 3.05) is 7.05 Å². The molecule has 0 radical (unpaired) electrons. The summed E-state index contributed by atoms with van der Waals surface area (Å²) >= 11 is 0. The second-order valence-corrected chi connectivity index (χ2v) is 6.04. The molecule has 0 aliphatic rings. The van der Waals surface area contributed by atoms with E-state index in [1.54, 1.807) is 36.3 Å². The van der Waals surface area contributed by atoms with E-state index >= 15 is 0 Å². The first-order valence-corrected chi connectivity index (χ1v) is 7.97. The predicted molar refractivity (Wildman–Crippen MR) is 92.5 cm³/mol. The van der Waals surface area contributed by atoms with Gasteiger partial charge in [-0.1, -0.05) is 53.2 Å². The van der Waals surface area contributed by atoms with Crippen LogP contribution >= 0.6 is 0 Å². The fourth-order valence-corrected chi connectivity index (χ4v) is 2.51. The molecule has 2 aromatic carbocycles. The SMILES string of the molecule is Cc1ccc(CN(C)C(=O)c2cn(Cc3ccccc3F)nn2)cc1. The highest BCUT2D eigenvalue weighted by Crippen LogP contribution is 2.10. The zero-order chi connectivity index (χ0) is 17.8. The molecule has 0 spiro atoms. The normalized spacial score (nSPS) is 10.7. The summed E-state index contributed by atoms with van der Waals surface area (Å²) < 4.78 is 15.2. The lowest BCUT2D eigenvalue weighted by molar-refractivity contribution is 0.0779. The highest BCUT2D eigenvalue weighted by Gasteiger charge is 2.16. The van der Waals surface area contributed by atoms with Gasteiger partial charge in [0, 0.05) is 19.2 Å². The van der Waals surface area contributed by atoms with Gasteiger partial charge in [-0.2, -0.15) is 0 Å². The second-order valence-electron chi connectivity index (χ2n) is 6.04. The summed E-state index contributed by atoms with van der Waals surface area (Å²) in [4.78, 5) is 14.1. The number of hydrogen-bond acceptors (Lipinski definition) is 3. The van der Waals surface area contributed by atoms with Gasteiger partial charge in [-0.15, -0.1) is 5.10 Å². The third-order valence-corrected chi connectivity index (χ3v) is 3.93. The van der Waals surface area contributed by atoms with Gasteiger partial charge in [0.1, 0.15) is 5.82 Å². The smallest absolute Gasteiger partial charge is 0.276 e. The van der Waals surface area contributed by atoms with Crippen molar-refractivity contribution in [3.8, 4) is 0 Å². The largest absolute Gasteiger partial charge is 0.336 e. The number of aryl methyl sites for hydroxylation is 1. The van der Waals surface area contributed by atoms with Gasteiger partial charge in [0.05, 0.1) is 12.7 Å². The summed E-state index contributed by atoms with van der Waals surface area (Å²) in [7, 11) is 1.72. The Balaban J connectivity index is 1.67. The maximum atomic E-state index is 13.7. The van der Waals surface area contributed by atoms with E-state index in [1.165, 1.54) is 16.3 Å². The van der Waals surface area contributed by atoms with Crippen molar-refractivity contribution in [2.24, 2.45) is 0 Å². The van der Waals surface area contributed by atoms with E-state index < -0.39 is 0 Å². The van der Waals surface area contributed by atoms with Crippen molar-refractivity contribution >= 4 is 5.91 Å². The molecule has 0 unspecified atom stereocenters. The van der Waals surface area contributed by atoms with Crippen LogP contribution in [-0.4, -0.2) is 32.8 Å². The molecule has 5 nitrogen and oxygen atoms in total. The van der Waals surface area contributed by atoms with Gasteiger partial charge in [0.25, 0.3) is 5.91 Å². The Hall–Kier alpha value is -3.02. The number of benzene rings is 2. The van der Waals surface area contributed by atoms with Gasteiger partial charge in [0.15, 0.2) is 5.69 Å². The maximum absolute atomic E-state index is 13.7. The molecule has 1 heterocycles. The summed E-state index contributed by atoms with van der Waals surface area (Å²) in [5.41, 5.74) is 2.96. The Morgan fingerprint density at radius 2 is 1.88 bits per heavy atom. The first-order valence-electron chi connectivity index (χ1n) is 7.97. The minimum atomic E-state index is -0.303. The summed E-state index contributed by atoms with van der Waals surface area (Å²) in [6, 6.07) is 14.5. The Morgan fingerprint density at radius 3 is 2.60 bits per heavy atom. The summed E-state index contributed by atoms with van der Waals surface area (Å²) in [5, 5.41) is 7.85. The molecule has 0 atom stereocenters. The number of carbonyl (C=O) groups is 1. The number of nitrogens with zero attached hydrogens (tertiary/aromatic N) is 4. The van der Waals surface area contributed by atoms with Crippen LogP contribution in [0.15, 0.2) is 54.7 Å². The maximum Gasteiger partial charge on any atom is 0.276 e. The van der Waals surface area contributed by atoms with E-state index in [1.807, 2.05) is 31.2 Å². The van der Waals surface area contributed by atoms with Crippen LogP contribution in [0.25, 0.3) is 0 Å². The number of aromatic nitrogens is 3. The minimum Gasteiger partial charge on any atom is -0.336 e. The lowest BCUT2D eigenvalue weighted by atomic mass is 10.1. The molecule has 3 aromatic rings. The van der Waals surface area contributed by atoms with Gasteiger partial charge in [0.2, 0.25) is 0 Å². The average Bonchev–Trinajstić information content (AvgIpc) is 3.07. The van der Waals surface area contributed by atoms with Gasteiger partial charge in [-0.25, -0.2) is 9.07 Å². The second kappa shape index (κ2) is 7.25. The van der Waals surface area contributed by atoms with Crippen LogP contribution in [0.2, 0.25) is 0 Å². The molecule has 0 aliphatic heterocycles. The zero-order valence-electron chi connectivity index (χ0n) is 14.2. The molecule has 1 aromatic heterocycles. The van der Waals surface area contributed by atoms with Crippen LogP contribution < -0.4 is 0 Å². The zero-order valence-corrected chi connectivity index (χ0v) is 14.2. The molecule has 0 saturated carbocycles. The van der Waals surface area contributed by atoms with E-state index in [-0.39, 0.29) is 24.0 Å². The van der Waals surface area contributed by atoms with Crippen molar-refractivity contribution in [1.82, 2.24) is 19.9 Å². The van der Waals surface area contributed by atoms with E-state index in [0.717, 1.165) is 5.56 Å². The molecular weight excluding hydrogens is 319 g/mol. The quantitative estimate of drug-likeness (QED) is 0.718. The van der Waals surface area contributed by atoms with Crippen LogP contribution in [0.5, 0.6) is 0 Å². The topological polar surface area (TPSA) is 51.0 Å². The van der Waals surface area contributed by atoms with Crippen LogP contribution in [0.4, 0.5) is 4.39 Å². The standard InChI is InChI=1S/C19H19FN4O/c1-14-7-9-15(10-8-14)11-23(2)19(25)18-13-24(22-21-18)12-16-5-3-4-6-17(16)20/h3-10,13H,11-12H2,1-2H3. The average molecular weight is 338 g/mol. The Bertz CT molecular complexity index is 873. The van der Waals surface area contributed by atoms with E-state index in [2.05, 4.69) is 10.3 Å². The van der Waals surface area contributed by atoms with Crippen LogP contribution in [0.3, 0.4) is 0 Å². The fraction of sp³-hybridized carbons (Fsp3) is 0.211. The van der Waals surface area contributed by atoms with Gasteiger partial charge in [-0.3, -0.25) is 4.79 Å². The Morgan fingerprint density at radius 1 is 1.16 bits per heavy atom. The fourth-order valence-electron chi connectivity index (χ4n) is 2.51. The molecule has 25 heavy (non-hydrogen) atoms. The molecule has 0 bridgehead atoms. The first-order chi connectivity index (χ1) is 12.0. The molecule has 0 aliphatic carbocycles. The lowest BCUT2D eigenvalue weighted by Gasteiger charge is -2.15. The minimum absolute atomic E-state index is 0.222. The van der Waals surface area contributed by atoms with Crippen LogP contribution in [-0.2, 0) is 13.1 Å². The Labute approximate surface area is 145 Å². The third kappa shape index (κ3) is 4.09. The number of halogens is 1. The highest BCUT2D eigenvalue weighted by molar-refractivity contribution is 5.91. The summed E-state index contributed by atoms with van der Waals surface area (Å²) in [5.74, 6) is -0.525. The van der Waals surface area contributed by atoms with Crippen molar-refractivity contribution in [3.63, 3.8) is 0 Å². The number of carbonyl (C=O) groups excluding carboxylic acids is 1. The number of rotatable bonds is 5.